The summed E-state index contributed by atoms with van der Waals surface area (Å²) in [6.07, 6.45) is 8.93. The topological polar surface area (TPSA) is 38.0 Å². The van der Waals surface area contributed by atoms with Gasteiger partial charge in [0.15, 0.2) is 0 Å². The summed E-state index contributed by atoms with van der Waals surface area (Å²) < 4.78 is 0. The average Bonchev–Trinajstić information content (AvgIpc) is 2.63. The molecule has 1 fully saturated rings. The van der Waals surface area contributed by atoms with Crippen molar-refractivity contribution in [3.05, 3.63) is 34.9 Å². The number of hydrogen-bond acceptors (Lipinski definition) is 2. The van der Waals surface area contributed by atoms with Crippen molar-refractivity contribution in [3.63, 3.8) is 0 Å². The molecule has 1 aromatic carbocycles. The molecule has 1 atom stereocenters. The maximum atomic E-state index is 6.48. The minimum Gasteiger partial charge on any atom is -0.323 e. The van der Waals surface area contributed by atoms with Gasteiger partial charge in [-0.2, -0.15) is 0 Å². The van der Waals surface area contributed by atoms with E-state index in [4.69, 9.17) is 12.2 Å². The van der Waals surface area contributed by atoms with E-state index in [1.54, 1.807) is 0 Å². The molecule has 1 aromatic rings. The fourth-order valence-electron chi connectivity index (χ4n) is 3.37. The van der Waals surface area contributed by atoms with Crippen LogP contribution in [-0.4, -0.2) is 13.1 Å². The number of nitrogens with one attached hydrogen (secondary N) is 1. The Morgan fingerprint density at radius 1 is 1.35 bits per heavy atom. The summed E-state index contributed by atoms with van der Waals surface area (Å²) in [7, 11) is 0. The van der Waals surface area contributed by atoms with E-state index in [1.807, 2.05) is 6.07 Å². The molecule has 0 bridgehead atoms. The van der Waals surface area contributed by atoms with E-state index < -0.39 is 0 Å². The Kier molecular flexibility index (Phi) is 2.47. The van der Waals surface area contributed by atoms with Gasteiger partial charge in [-0.05, 0) is 61.0 Å². The molecule has 3 N–H and O–H groups in total. The van der Waals surface area contributed by atoms with Crippen molar-refractivity contribution in [1.82, 2.24) is 5.32 Å². The second-order valence-electron chi connectivity index (χ2n) is 5.32. The van der Waals surface area contributed by atoms with Crippen LogP contribution in [0.3, 0.4) is 0 Å². The van der Waals surface area contributed by atoms with E-state index >= 15 is 0 Å². The maximum absolute atomic E-state index is 6.48. The number of benzene rings is 1. The van der Waals surface area contributed by atoms with Gasteiger partial charge in [0.2, 0.25) is 0 Å². The second-order valence-corrected chi connectivity index (χ2v) is 5.32. The highest BCUT2D eigenvalue weighted by atomic mass is 14.9. The molecular weight excluding hydrogens is 208 g/mol. The molecule has 1 aliphatic carbocycles. The van der Waals surface area contributed by atoms with E-state index in [0.29, 0.717) is 0 Å². The molecule has 0 saturated carbocycles. The van der Waals surface area contributed by atoms with E-state index in [9.17, 15) is 0 Å². The fraction of sp³-hybridized carbons (Fsp3) is 0.467. The van der Waals surface area contributed by atoms with Crippen molar-refractivity contribution in [2.45, 2.75) is 25.3 Å². The van der Waals surface area contributed by atoms with Gasteiger partial charge in [0.25, 0.3) is 0 Å². The predicted molar refractivity (Wildman–Crippen MR) is 69.5 cm³/mol. The Hall–Kier alpha value is -1.30. The van der Waals surface area contributed by atoms with Gasteiger partial charge in [0.1, 0.15) is 0 Å². The molecule has 17 heavy (non-hydrogen) atoms. The SMILES string of the molecule is C#Cc1ccc2c(c1)[C@@H](N)C1(CCNCC1)C2. The number of hydrogen-bond donors (Lipinski definition) is 2. The summed E-state index contributed by atoms with van der Waals surface area (Å²) in [5.41, 5.74) is 10.4. The van der Waals surface area contributed by atoms with Gasteiger partial charge in [0, 0.05) is 11.6 Å². The van der Waals surface area contributed by atoms with Gasteiger partial charge in [-0.25, -0.2) is 0 Å². The third-order valence-corrected chi connectivity index (χ3v) is 4.45. The van der Waals surface area contributed by atoms with E-state index in [2.05, 4.69) is 23.4 Å². The molecule has 0 unspecified atom stereocenters. The number of nitrogens with two attached hydrogens (primary N) is 1. The first-order chi connectivity index (χ1) is 8.25. The highest BCUT2D eigenvalue weighted by Gasteiger charge is 2.44. The molecular formula is C15H18N2. The quantitative estimate of drug-likeness (QED) is 0.659. The zero-order valence-electron chi connectivity index (χ0n) is 10.00. The summed E-state index contributed by atoms with van der Waals surface area (Å²) in [5, 5.41) is 3.42. The Bertz CT molecular complexity index is 478. The molecule has 88 valence electrons. The smallest absolute Gasteiger partial charge is 0.0359 e. The molecule has 2 nitrogen and oxygen atoms in total. The molecule has 3 rings (SSSR count). The number of rotatable bonds is 0. The number of piperidine rings is 1. The zero-order chi connectivity index (χ0) is 11.9. The van der Waals surface area contributed by atoms with Crippen LogP contribution in [0.15, 0.2) is 18.2 Å². The van der Waals surface area contributed by atoms with E-state index in [0.717, 1.165) is 25.1 Å². The molecule has 1 spiro atoms. The first kappa shape index (κ1) is 10.8. The zero-order valence-corrected chi connectivity index (χ0v) is 10.00. The third-order valence-electron chi connectivity index (χ3n) is 4.45. The lowest BCUT2D eigenvalue weighted by Gasteiger charge is -2.37. The first-order valence-corrected chi connectivity index (χ1v) is 6.31. The molecule has 1 aliphatic heterocycles. The lowest BCUT2D eigenvalue weighted by atomic mass is 9.73. The van der Waals surface area contributed by atoms with Crippen LogP contribution in [0.5, 0.6) is 0 Å². The molecule has 2 aliphatic rings. The highest BCUT2D eigenvalue weighted by Crippen LogP contribution is 2.49. The summed E-state index contributed by atoms with van der Waals surface area (Å²) in [6.45, 7) is 2.17. The van der Waals surface area contributed by atoms with Crippen LogP contribution in [0.25, 0.3) is 0 Å². The predicted octanol–water partition coefficient (Wildman–Crippen LogP) is 1.59. The van der Waals surface area contributed by atoms with Crippen LogP contribution in [0.4, 0.5) is 0 Å². The van der Waals surface area contributed by atoms with Gasteiger partial charge in [0.05, 0.1) is 0 Å². The average molecular weight is 226 g/mol. The summed E-state index contributed by atoms with van der Waals surface area (Å²) in [4.78, 5) is 0. The molecule has 0 radical (unpaired) electrons. The second kappa shape index (κ2) is 3.87. The standard InChI is InChI=1S/C15H18N2/c1-2-11-3-4-12-10-15(5-7-17-8-6-15)14(16)13(12)9-11/h1,3-4,9,14,17H,5-8,10,16H2/t14-/m1/s1. The molecule has 0 aromatic heterocycles. The van der Waals surface area contributed by atoms with Crippen LogP contribution in [0, 0.1) is 17.8 Å². The van der Waals surface area contributed by atoms with Gasteiger partial charge in [-0.15, -0.1) is 6.42 Å². The van der Waals surface area contributed by atoms with E-state index in [1.165, 1.54) is 24.0 Å². The third kappa shape index (κ3) is 1.58. The van der Waals surface area contributed by atoms with Crippen LogP contribution >= 0.6 is 0 Å². The summed E-state index contributed by atoms with van der Waals surface area (Å²) in [6, 6.07) is 6.47. The van der Waals surface area contributed by atoms with Gasteiger partial charge in [-0.1, -0.05) is 12.0 Å². The minimum absolute atomic E-state index is 0.160. The van der Waals surface area contributed by atoms with Crippen LogP contribution in [-0.2, 0) is 6.42 Å². The summed E-state index contributed by atoms with van der Waals surface area (Å²) >= 11 is 0. The van der Waals surface area contributed by atoms with Gasteiger partial charge >= 0.3 is 0 Å². The lowest BCUT2D eigenvalue weighted by Crippen LogP contribution is -2.42. The molecule has 0 amide bonds. The van der Waals surface area contributed by atoms with Crippen molar-refractivity contribution < 1.29 is 0 Å². The normalized spacial score (nSPS) is 25.5. The van der Waals surface area contributed by atoms with Crippen LogP contribution in [0.1, 0.15) is 35.6 Å². The van der Waals surface area contributed by atoms with Crippen molar-refractivity contribution in [1.29, 1.82) is 0 Å². The van der Waals surface area contributed by atoms with Crippen molar-refractivity contribution in [3.8, 4) is 12.3 Å². The van der Waals surface area contributed by atoms with Gasteiger partial charge < -0.3 is 11.1 Å². The number of fused-ring (bicyclic) bond motifs is 1. The highest BCUT2D eigenvalue weighted by molar-refractivity contribution is 5.45. The van der Waals surface area contributed by atoms with Crippen LogP contribution in [0.2, 0.25) is 0 Å². The monoisotopic (exact) mass is 226 g/mol. The Morgan fingerprint density at radius 3 is 2.82 bits per heavy atom. The first-order valence-electron chi connectivity index (χ1n) is 6.31. The lowest BCUT2D eigenvalue weighted by molar-refractivity contribution is 0.174. The largest absolute Gasteiger partial charge is 0.323 e. The molecule has 1 saturated heterocycles. The molecule has 1 heterocycles. The van der Waals surface area contributed by atoms with Crippen molar-refractivity contribution in [2.24, 2.45) is 11.1 Å². The molecule has 2 heteroatoms. The van der Waals surface area contributed by atoms with Gasteiger partial charge in [-0.3, -0.25) is 0 Å². The Labute approximate surface area is 103 Å². The summed E-state index contributed by atoms with van der Waals surface area (Å²) in [5.74, 6) is 2.70. The minimum atomic E-state index is 0.160. The number of terminal acetylenes is 1. The fourth-order valence-corrected chi connectivity index (χ4v) is 3.37. The van der Waals surface area contributed by atoms with Crippen molar-refractivity contribution in [2.75, 3.05) is 13.1 Å². The van der Waals surface area contributed by atoms with Crippen molar-refractivity contribution >= 4 is 0 Å². The maximum Gasteiger partial charge on any atom is 0.0359 e. The van der Waals surface area contributed by atoms with E-state index in [-0.39, 0.29) is 11.5 Å². The van der Waals surface area contributed by atoms with Crippen LogP contribution < -0.4 is 11.1 Å². The Balaban J connectivity index is 1.99. The Morgan fingerprint density at radius 2 is 2.12 bits per heavy atom.